The maximum atomic E-state index is 12.2. The van der Waals surface area contributed by atoms with Gasteiger partial charge in [-0.2, -0.15) is 0 Å². The Morgan fingerprint density at radius 2 is 2.06 bits per heavy atom. The van der Waals surface area contributed by atoms with Crippen molar-refractivity contribution in [2.75, 3.05) is 19.0 Å². The van der Waals surface area contributed by atoms with E-state index in [-0.39, 0.29) is 18.6 Å². The standard InChI is InChI=1S/C14H20O3S/c1-11-2-6-14(7-3-11)18(16)10-13-5-4-12(8-15)9-17-13/h2-3,6-7,12-13,15H,4-5,8-10H2,1H3/t12-,13-,18-/m1/s1. The van der Waals surface area contributed by atoms with Crippen molar-refractivity contribution in [1.82, 2.24) is 0 Å². The molecule has 0 aromatic heterocycles. The van der Waals surface area contributed by atoms with E-state index in [1.807, 2.05) is 31.2 Å². The Bertz CT molecular complexity index is 394. The molecule has 1 aromatic carbocycles. The van der Waals surface area contributed by atoms with Gasteiger partial charge in [-0.25, -0.2) is 0 Å². The van der Waals surface area contributed by atoms with E-state index in [0.717, 1.165) is 17.7 Å². The molecule has 0 aliphatic carbocycles. The maximum absolute atomic E-state index is 12.2. The third kappa shape index (κ3) is 3.64. The molecule has 100 valence electrons. The molecule has 0 amide bonds. The summed E-state index contributed by atoms with van der Waals surface area (Å²) < 4.78 is 17.8. The van der Waals surface area contributed by atoms with Gasteiger partial charge in [0.1, 0.15) is 0 Å². The van der Waals surface area contributed by atoms with Crippen LogP contribution < -0.4 is 0 Å². The minimum absolute atomic E-state index is 0.0648. The van der Waals surface area contributed by atoms with Gasteiger partial charge >= 0.3 is 0 Å². The molecule has 1 saturated heterocycles. The molecule has 0 spiro atoms. The van der Waals surface area contributed by atoms with Crippen molar-refractivity contribution in [3.05, 3.63) is 29.8 Å². The van der Waals surface area contributed by atoms with Crippen LogP contribution in [0.2, 0.25) is 0 Å². The van der Waals surface area contributed by atoms with E-state index in [2.05, 4.69) is 0 Å². The van der Waals surface area contributed by atoms with Crippen LogP contribution in [0.4, 0.5) is 0 Å². The highest BCUT2D eigenvalue weighted by Gasteiger charge is 2.23. The minimum atomic E-state index is -0.990. The van der Waals surface area contributed by atoms with Gasteiger partial charge in [0, 0.05) is 17.4 Å². The lowest BCUT2D eigenvalue weighted by atomic mass is 10.0. The van der Waals surface area contributed by atoms with Crippen molar-refractivity contribution in [1.29, 1.82) is 0 Å². The highest BCUT2D eigenvalue weighted by molar-refractivity contribution is 7.85. The first-order valence-electron chi connectivity index (χ1n) is 6.36. The van der Waals surface area contributed by atoms with Crippen molar-refractivity contribution < 1.29 is 14.1 Å². The van der Waals surface area contributed by atoms with Gasteiger partial charge in [-0.1, -0.05) is 17.7 Å². The second-order valence-electron chi connectivity index (χ2n) is 4.91. The molecule has 1 heterocycles. The Labute approximate surface area is 111 Å². The van der Waals surface area contributed by atoms with Crippen LogP contribution in [0, 0.1) is 12.8 Å². The zero-order chi connectivity index (χ0) is 13.0. The second kappa shape index (κ2) is 6.45. The van der Waals surface area contributed by atoms with Crippen LogP contribution >= 0.6 is 0 Å². The van der Waals surface area contributed by atoms with Crippen LogP contribution in [0.25, 0.3) is 0 Å². The van der Waals surface area contributed by atoms with Crippen molar-refractivity contribution in [3.8, 4) is 0 Å². The van der Waals surface area contributed by atoms with Crippen molar-refractivity contribution in [3.63, 3.8) is 0 Å². The molecule has 1 fully saturated rings. The smallest absolute Gasteiger partial charge is 0.0694 e. The van der Waals surface area contributed by atoms with E-state index >= 15 is 0 Å². The van der Waals surface area contributed by atoms with Gasteiger partial charge in [-0.3, -0.25) is 4.21 Å². The fourth-order valence-corrected chi connectivity index (χ4v) is 3.32. The molecule has 0 unspecified atom stereocenters. The van der Waals surface area contributed by atoms with E-state index in [0.29, 0.717) is 12.4 Å². The molecular formula is C14H20O3S. The third-order valence-electron chi connectivity index (χ3n) is 3.34. The van der Waals surface area contributed by atoms with Crippen molar-refractivity contribution in [2.45, 2.75) is 30.8 Å². The topological polar surface area (TPSA) is 46.5 Å². The van der Waals surface area contributed by atoms with E-state index in [1.54, 1.807) is 0 Å². The zero-order valence-electron chi connectivity index (χ0n) is 10.7. The van der Waals surface area contributed by atoms with Crippen molar-refractivity contribution in [2.24, 2.45) is 5.92 Å². The van der Waals surface area contributed by atoms with Crippen molar-refractivity contribution >= 4 is 10.8 Å². The average Bonchev–Trinajstić information content (AvgIpc) is 2.40. The molecule has 3 atom stereocenters. The number of hydrogen-bond acceptors (Lipinski definition) is 3. The molecule has 0 radical (unpaired) electrons. The summed E-state index contributed by atoms with van der Waals surface area (Å²) >= 11 is 0. The van der Waals surface area contributed by atoms with Crippen LogP contribution in [-0.2, 0) is 15.5 Å². The van der Waals surface area contributed by atoms with Gasteiger partial charge in [0.05, 0.1) is 29.3 Å². The molecule has 1 aliphatic heterocycles. The first-order valence-corrected chi connectivity index (χ1v) is 7.68. The van der Waals surface area contributed by atoms with Crippen LogP contribution in [0.3, 0.4) is 0 Å². The maximum Gasteiger partial charge on any atom is 0.0694 e. The van der Waals surface area contributed by atoms with Gasteiger partial charge in [0.25, 0.3) is 0 Å². The van der Waals surface area contributed by atoms with E-state index in [4.69, 9.17) is 9.84 Å². The summed E-state index contributed by atoms with van der Waals surface area (Å²) in [7, 11) is -0.990. The summed E-state index contributed by atoms with van der Waals surface area (Å²) in [5, 5.41) is 9.02. The van der Waals surface area contributed by atoms with Crippen LogP contribution in [-0.4, -0.2) is 34.4 Å². The van der Waals surface area contributed by atoms with Gasteiger partial charge in [-0.05, 0) is 31.9 Å². The summed E-state index contributed by atoms with van der Waals surface area (Å²) in [6, 6.07) is 7.81. The lowest BCUT2D eigenvalue weighted by molar-refractivity contribution is -0.0183. The highest BCUT2D eigenvalue weighted by Crippen LogP contribution is 2.20. The second-order valence-corrected chi connectivity index (χ2v) is 6.40. The SMILES string of the molecule is Cc1ccc([S@](=O)C[C@H]2CC[C@H](CO)CO2)cc1. The molecule has 1 aliphatic rings. The van der Waals surface area contributed by atoms with E-state index in [9.17, 15) is 4.21 Å². The number of rotatable bonds is 4. The quantitative estimate of drug-likeness (QED) is 0.907. The summed E-state index contributed by atoms with van der Waals surface area (Å²) in [5.41, 5.74) is 1.18. The Morgan fingerprint density at radius 3 is 2.61 bits per heavy atom. The Hall–Kier alpha value is -0.710. The average molecular weight is 268 g/mol. The molecular weight excluding hydrogens is 248 g/mol. The Balaban J connectivity index is 1.86. The summed E-state index contributed by atoms with van der Waals surface area (Å²) in [6.07, 6.45) is 1.92. The number of benzene rings is 1. The third-order valence-corrected chi connectivity index (χ3v) is 4.82. The summed E-state index contributed by atoms with van der Waals surface area (Å²) in [4.78, 5) is 0.869. The fourth-order valence-electron chi connectivity index (χ4n) is 2.09. The molecule has 0 bridgehead atoms. The zero-order valence-corrected chi connectivity index (χ0v) is 11.5. The van der Waals surface area contributed by atoms with Crippen LogP contribution in [0.15, 0.2) is 29.2 Å². The highest BCUT2D eigenvalue weighted by atomic mass is 32.2. The predicted molar refractivity (Wildman–Crippen MR) is 72.0 cm³/mol. The van der Waals surface area contributed by atoms with Gasteiger partial charge in [-0.15, -0.1) is 0 Å². The normalized spacial score (nSPS) is 25.9. The number of aliphatic hydroxyl groups is 1. The first-order chi connectivity index (χ1) is 8.69. The van der Waals surface area contributed by atoms with Crippen LogP contribution in [0.1, 0.15) is 18.4 Å². The van der Waals surface area contributed by atoms with E-state index in [1.165, 1.54) is 5.56 Å². The van der Waals surface area contributed by atoms with Crippen LogP contribution in [0.5, 0.6) is 0 Å². The summed E-state index contributed by atoms with van der Waals surface area (Å²) in [5.74, 6) is 0.815. The van der Waals surface area contributed by atoms with Gasteiger partial charge < -0.3 is 9.84 Å². The lowest BCUT2D eigenvalue weighted by Gasteiger charge is -2.27. The number of aliphatic hydroxyl groups excluding tert-OH is 1. The molecule has 0 saturated carbocycles. The monoisotopic (exact) mass is 268 g/mol. The van der Waals surface area contributed by atoms with Gasteiger partial charge in [0.2, 0.25) is 0 Å². The van der Waals surface area contributed by atoms with E-state index < -0.39 is 10.8 Å². The number of hydrogen-bond donors (Lipinski definition) is 1. The lowest BCUT2D eigenvalue weighted by Crippen LogP contribution is -2.31. The predicted octanol–water partition coefficient (Wildman–Crippen LogP) is 1.89. The number of ether oxygens (including phenoxy) is 1. The molecule has 4 heteroatoms. The molecule has 1 aromatic rings. The Morgan fingerprint density at radius 1 is 1.33 bits per heavy atom. The largest absolute Gasteiger partial charge is 0.396 e. The first kappa shape index (κ1) is 13.7. The molecule has 2 rings (SSSR count). The Kier molecular flexibility index (Phi) is 4.92. The molecule has 3 nitrogen and oxygen atoms in total. The van der Waals surface area contributed by atoms with Gasteiger partial charge in [0.15, 0.2) is 0 Å². The minimum Gasteiger partial charge on any atom is -0.396 e. The number of aryl methyl sites for hydroxylation is 1. The summed E-state index contributed by atoms with van der Waals surface area (Å²) in [6.45, 7) is 2.80. The fraction of sp³-hybridized carbons (Fsp3) is 0.571. The molecule has 1 N–H and O–H groups in total. The molecule has 18 heavy (non-hydrogen) atoms.